The van der Waals surface area contributed by atoms with Gasteiger partial charge < -0.3 is 5.11 Å². The Kier molecular flexibility index (Phi) is 4.23. The molecule has 1 aliphatic heterocycles. The molecule has 16 heavy (non-hydrogen) atoms. The van der Waals surface area contributed by atoms with Gasteiger partial charge in [-0.2, -0.15) is 11.8 Å². The molecular formula is C11H15NO2S2. The van der Waals surface area contributed by atoms with Crippen molar-refractivity contribution in [1.82, 2.24) is 4.98 Å². The lowest BCUT2D eigenvalue weighted by molar-refractivity contribution is -0.136. The predicted octanol–water partition coefficient (Wildman–Crippen LogP) is 2.77. The number of hydrogen-bond donors (Lipinski definition) is 1. The molecule has 1 saturated heterocycles. The Morgan fingerprint density at radius 2 is 2.25 bits per heavy atom. The summed E-state index contributed by atoms with van der Waals surface area (Å²) in [4.78, 5) is 15.0. The van der Waals surface area contributed by atoms with Crippen molar-refractivity contribution < 1.29 is 9.90 Å². The van der Waals surface area contributed by atoms with Crippen LogP contribution in [0.2, 0.25) is 0 Å². The minimum Gasteiger partial charge on any atom is -0.481 e. The summed E-state index contributed by atoms with van der Waals surface area (Å²) in [6.45, 7) is 0. The second-order valence-electron chi connectivity index (χ2n) is 3.96. The first-order chi connectivity index (χ1) is 7.75. The summed E-state index contributed by atoms with van der Waals surface area (Å²) >= 11 is 3.71. The van der Waals surface area contributed by atoms with Crippen molar-refractivity contribution in [1.29, 1.82) is 0 Å². The van der Waals surface area contributed by atoms with Gasteiger partial charge in [0.15, 0.2) is 0 Å². The molecule has 1 aromatic rings. The molecule has 0 aromatic carbocycles. The molecule has 3 nitrogen and oxygen atoms in total. The zero-order valence-corrected chi connectivity index (χ0v) is 10.6. The van der Waals surface area contributed by atoms with E-state index in [-0.39, 0.29) is 6.42 Å². The predicted molar refractivity (Wildman–Crippen MR) is 67.4 cm³/mol. The molecule has 0 atom stereocenters. The van der Waals surface area contributed by atoms with Gasteiger partial charge in [0.1, 0.15) is 0 Å². The molecule has 1 aromatic heterocycles. The Morgan fingerprint density at radius 3 is 2.94 bits per heavy atom. The number of nitrogens with zero attached hydrogens (tertiary/aromatic N) is 1. The highest BCUT2D eigenvalue weighted by molar-refractivity contribution is 7.99. The summed E-state index contributed by atoms with van der Waals surface area (Å²) in [7, 11) is 0. The molecule has 0 bridgehead atoms. The van der Waals surface area contributed by atoms with E-state index in [0.717, 1.165) is 5.69 Å². The summed E-state index contributed by atoms with van der Waals surface area (Å²) < 4.78 is 0. The van der Waals surface area contributed by atoms with Crippen LogP contribution in [0.1, 0.15) is 35.9 Å². The van der Waals surface area contributed by atoms with E-state index in [9.17, 15) is 4.79 Å². The van der Waals surface area contributed by atoms with Crippen LogP contribution in [0.5, 0.6) is 0 Å². The van der Waals surface area contributed by atoms with Crippen LogP contribution < -0.4 is 0 Å². The zero-order valence-electron chi connectivity index (χ0n) is 9.02. The molecule has 1 fully saturated rings. The van der Waals surface area contributed by atoms with E-state index in [2.05, 4.69) is 4.98 Å². The van der Waals surface area contributed by atoms with Crippen molar-refractivity contribution in [3.05, 3.63) is 16.1 Å². The lowest BCUT2D eigenvalue weighted by Gasteiger charge is -2.18. The molecular weight excluding hydrogens is 242 g/mol. The Bertz CT molecular complexity index is 359. The number of aromatic nitrogens is 1. The Hall–Kier alpha value is -0.550. The molecule has 5 heteroatoms. The summed E-state index contributed by atoms with van der Waals surface area (Å²) in [6.07, 6.45) is 3.18. The van der Waals surface area contributed by atoms with Crippen molar-refractivity contribution in [2.45, 2.75) is 31.6 Å². The van der Waals surface area contributed by atoms with Crippen molar-refractivity contribution in [2.24, 2.45) is 0 Å². The van der Waals surface area contributed by atoms with Crippen LogP contribution in [-0.2, 0) is 11.2 Å². The van der Waals surface area contributed by atoms with E-state index in [4.69, 9.17) is 5.11 Å². The van der Waals surface area contributed by atoms with Gasteiger partial charge in [-0.25, -0.2) is 4.98 Å². The molecule has 1 aliphatic rings. The van der Waals surface area contributed by atoms with Crippen molar-refractivity contribution in [3.63, 3.8) is 0 Å². The lowest BCUT2D eigenvalue weighted by atomic mass is 10.0. The van der Waals surface area contributed by atoms with Crippen molar-refractivity contribution in [2.75, 3.05) is 11.5 Å². The number of aliphatic carboxylic acids is 1. The van der Waals surface area contributed by atoms with Crippen molar-refractivity contribution in [3.8, 4) is 0 Å². The number of hydrogen-bond acceptors (Lipinski definition) is 4. The molecule has 0 saturated carbocycles. The van der Waals surface area contributed by atoms with E-state index < -0.39 is 5.97 Å². The Labute approximate surface area is 103 Å². The average Bonchev–Trinajstić information content (AvgIpc) is 2.76. The van der Waals surface area contributed by atoms with Crippen LogP contribution in [0.25, 0.3) is 0 Å². The number of thioether (sulfide) groups is 1. The summed E-state index contributed by atoms with van der Waals surface area (Å²) in [5.41, 5.74) is 0.945. The number of rotatable bonds is 4. The second-order valence-corrected chi connectivity index (χ2v) is 6.07. The summed E-state index contributed by atoms with van der Waals surface area (Å²) in [5, 5.41) is 11.8. The molecule has 0 amide bonds. The minimum atomic E-state index is -0.747. The summed E-state index contributed by atoms with van der Waals surface area (Å²) in [6, 6.07) is 0. The molecule has 0 aliphatic carbocycles. The van der Waals surface area contributed by atoms with Crippen LogP contribution >= 0.6 is 23.1 Å². The SMILES string of the molecule is O=C(O)CCc1csc(C2CCSCC2)n1. The van der Waals surface area contributed by atoms with Crippen LogP contribution in [0.3, 0.4) is 0 Å². The van der Waals surface area contributed by atoms with Crippen molar-refractivity contribution >= 4 is 29.1 Å². The third kappa shape index (κ3) is 3.22. The number of carboxylic acid groups (broad SMARTS) is 1. The maximum absolute atomic E-state index is 10.5. The molecule has 0 spiro atoms. The standard InChI is InChI=1S/C11H15NO2S2/c13-10(14)2-1-9-7-16-11(12-9)8-3-5-15-6-4-8/h7-8H,1-6H2,(H,13,14). The second kappa shape index (κ2) is 5.68. The number of carboxylic acids is 1. The first-order valence-electron chi connectivity index (χ1n) is 5.49. The third-order valence-corrected chi connectivity index (χ3v) is 4.84. The van der Waals surface area contributed by atoms with Gasteiger partial charge in [-0.15, -0.1) is 11.3 Å². The van der Waals surface area contributed by atoms with Gasteiger partial charge in [0.2, 0.25) is 0 Å². The van der Waals surface area contributed by atoms with E-state index in [0.29, 0.717) is 12.3 Å². The van der Waals surface area contributed by atoms with Crippen LogP contribution in [0, 0.1) is 0 Å². The minimum absolute atomic E-state index is 0.184. The van der Waals surface area contributed by atoms with Crippen LogP contribution in [-0.4, -0.2) is 27.6 Å². The highest BCUT2D eigenvalue weighted by Crippen LogP contribution is 2.33. The lowest BCUT2D eigenvalue weighted by Crippen LogP contribution is -2.07. The maximum atomic E-state index is 10.5. The quantitative estimate of drug-likeness (QED) is 0.901. The molecule has 88 valence electrons. The van der Waals surface area contributed by atoms with Gasteiger partial charge in [0.25, 0.3) is 0 Å². The molecule has 0 radical (unpaired) electrons. The molecule has 0 unspecified atom stereocenters. The number of carbonyl (C=O) groups is 1. The van der Waals surface area contributed by atoms with Crippen LogP contribution in [0.4, 0.5) is 0 Å². The third-order valence-electron chi connectivity index (χ3n) is 2.74. The first kappa shape index (κ1) is 11.9. The van der Waals surface area contributed by atoms with E-state index in [1.807, 2.05) is 17.1 Å². The molecule has 2 rings (SSSR count). The fraction of sp³-hybridized carbons (Fsp3) is 0.636. The Balaban J connectivity index is 1.93. The number of aryl methyl sites for hydroxylation is 1. The summed E-state index contributed by atoms with van der Waals surface area (Å²) in [5.74, 6) is 2.33. The fourth-order valence-corrected chi connectivity index (χ4v) is 3.94. The van der Waals surface area contributed by atoms with Crippen LogP contribution in [0.15, 0.2) is 5.38 Å². The van der Waals surface area contributed by atoms with Gasteiger partial charge >= 0.3 is 5.97 Å². The highest BCUT2D eigenvalue weighted by atomic mass is 32.2. The van der Waals surface area contributed by atoms with Gasteiger partial charge in [0.05, 0.1) is 17.1 Å². The van der Waals surface area contributed by atoms with E-state index >= 15 is 0 Å². The van der Waals surface area contributed by atoms with Gasteiger partial charge in [-0.05, 0) is 24.3 Å². The largest absolute Gasteiger partial charge is 0.481 e. The zero-order chi connectivity index (χ0) is 11.4. The smallest absolute Gasteiger partial charge is 0.303 e. The van der Waals surface area contributed by atoms with Gasteiger partial charge in [0, 0.05) is 17.7 Å². The van der Waals surface area contributed by atoms with E-state index in [1.54, 1.807) is 11.3 Å². The fourth-order valence-electron chi connectivity index (χ4n) is 1.80. The molecule has 2 heterocycles. The average molecular weight is 257 g/mol. The normalized spacial score (nSPS) is 17.5. The highest BCUT2D eigenvalue weighted by Gasteiger charge is 2.18. The topological polar surface area (TPSA) is 50.2 Å². The molecule has 1 N–H and O–H groups in total. The first-order valence-corrected chi connectivity index (χ1v) is 7.53. The van der Waals surface area contributed by atoms with E-state index in [1.165, 1.54) is 29.4 Å². The monoisotopic (exact) mass is 257 g/mol. The van der Waals surface area contributed by atoms with Gasteiger partial charge in [-0.1, -0.05) is 0 Å². The maximum Gasteiger partial charge on any atom is 0.303 e. The Morgan fingerprint density at radius 1 is 1.50 bits per heavy atom. The van der Waals surface area contributed by atoms with Gasteiger partial charge in [-0.3, -0.25) is 4.79 Å². The number of thiazole rings is 1.